The molecule has 2 aromatic rings. The van der Waals surface area contributed by atoms with Crippen LogP contribution in [0, 0.1) is 6.92 Å². The molecule has 3 rings (SSSR count). The summed E-state index contributed by atoms with van der Waals surface area (Å²) in [6.45, 7) is 5.52. The number of carbonyl (C=O) groups excluding carboxylic acids is 2. The van der Waals surface area contributed by atoms with E-state index in [0.29, 0.717) is 49.9 Å². The summed E-state index contributed by atoms with van der Waals surface area (Å²) < 4.78 is 0. The summed E-state index contributed by atoms with van der Waals surface area (Å²) in [6.07, 6.45) is 0. The lowest BCUT2D eigenvalue weighted by molar-refractivity contribution is -0.122. The fraction of sp³-hybridized carbons (Fsp3) is 0.333. The third-order valence-electron chi connectivity index (χ3n) is 4.84. The normalized spacial score (nSPS) is 14.8. The molecule has 1 aliphatic heterocycles. The number of nitrogens with zero attached hydrogens (tertiary/aromatic N) is 2. The minimum atomic E-state index is -0.0128. The van der Waals surface area contributed by atoms with Crippen molar-refractivity contribution < 1.29 is 9.59 Å². The van der Waals surface area contributed by atoms with Crippen LogP contribution in [0.1, 0.15) is 21.5 Å². The van der Waals surface area contributed by atoms with Crippen molar-refractivity contribution in [1.29, 1.82) is 0 Å². The SMILES string of the molecule is Cc1ccccc1CNC(=O)CN1CCN(C(=O)c2cccc(Cl)c2)CC1. The van der Waals surface area contributed by atoms with Crippen LogP contribution in [0.25, 0.3) is 0 Å². The van der Waals surface area contributed by atoms with E-state index in [9.17, 15) is 9.59 Å². The van der Waals surface area contributed by atoms with Gasteiger partial charge in [0.15, 0.2) is 0 Å². The number of nitrogens with one attached hydrogen (secondary N) is 1. The van der Waals surface area contributed by atoms with Gasteiger partial charge in [0.1, 0.15) is 0 Å². The molecule has 0 aromatic heterocycles. The van der Waals surface area contributed by atoms with E-state index in [4.69, 9.17) is 11.6 Å². The van der Waals surface area contributed by atoms with Crippen LogP contribution < -0.4 is 5.32 Å². The molecule has 0 saturated carbocycles. The van der Waals surface area contributed by atoms with Gasteiger partial charge in [-0.25, -0.2) is 0 Å². The van der Waals surface area contributed by atoms with Gasteiger partial charge in [-0.3, -0.25) is 14.5 Å². The first-order chi connectivity index (χ1) is 13.0. The quantitative estimate of drug-likeness (QED) is 0.861. The van der Waals surface area contributed by atoms with E-state index in [1.165, 1.54) is 5.56 Å². The molecule has 2 aromatic carbocycles. The molecule has 6 heteroatoms. The highest BCUT2D eigenvalue weighted by Gasteiger charge is 2.23. The molecule has 142 valence electrons. The number of piperazine rings is 1. The van der Waals surface area contributed by atoms with Gasteiger partial charge in [-0.05, 0) is 36.2 Å². The lowest BCUT2D eigenvalue weighted by atomic mass is 10.1. The second-order valence-corrected chi connectivity index (χ2v) is 7.22. The van der Waals surface area contributed by atoms with Crippen molar-refractivity contribution in [2.24, 2.45) is 0 Å². The Labute approximate surface area is 164 Å². The van der Waals surface area contributed by atoms with Crippen LogP contribution in [0.15, 0.2) is 48.5 Å². The summed E-state index contributed by atoms with van der Waals surface area (Å²) in [6, 6.07) is 15.0. The van der Waals surface area contributed by atoms with Crippen molar-refractivity contribution in [3.8, 4) is 0 Å². The molecule has 0 aliphatic carbocycles. The van der Waals surface area contributed by atoms with Gasteiger partial charge in [0.25, 0.3) is 5.91 Å². The van der Waals surface area contributed by atoms with E-state index >= 15 is 0 Å². The van der Waals surface area contributed by atoms with E-state index in [-0.39, 0.29) is 11.8 Å². The highest BCUT2D eigenvalue weighted by Crippen LogP contribution is 2.14. The van der Waals surface area contributed by atoms with Gasteiger partial charge in [-0.15, -0.1) is 0 Å². The first-order valence-electron chi connectivity index (χ1n) is 9.11. The van der Waals surface area contributed by atoms with E-state index in [1.807, 2.05) is 36.1 Å². The number of rotatable bonds is 5. The van der Waals surface area contributed by atoms with Gasteiger partial charge in [-0.2, -0.15) is 0 Å². The summed E-state index contributed by atoms with van der Waals surface area (Å²) in [5, 5.41) is 3.54. The Morgan fingerprint density at radius 3 is 2.48 bits per heavy atom. The first-order valence-corrected chi connectivity index (χ1v) is 9.49. The average molecular weight is 386 g/mol. The average Bonchev–Trinajstić information content (AvgIpc) is 2.67. The summed E-state index contributed by atoms with van der Waals surface area (Å²) in [4.78, 5) is 28.7. The van der Waals surface area contributed by atoms with Gasteiger partial charge in [0.2, 0.25) is 5.91 Å². The Balaban J connectivity index is 1.44. The molecule has 0 radical (unpaired) electrons. The molecule has 0 atom stereocenters. The van der Waals surface area contributed by atoms with Crippen molar-refractivity contribution in [2.45, 2.75) is 13.5 Å². The Kier molecular flexibility index (Phi) is 6.48. The fourth-order valence-electron chi connectivity index (χ4n) is 3.17. The molecule has 2 amide bonds. The van der Waals surface area contributed by atoms with E-state index < -0.39 is 0 Å². The summed E-state index contributed by atoms with van der Waals surface area (Å²) >= 11 is 5.97. The van der Waals surface area contributed by atoms with Gasteiger partial charge < -0.3 is 10.2 Å². The number of aryl methyl sites for hydroxylation is 1. The van der Waals surface area contributed by atoms with E-state index in [2.05, 4.69) is 10.2 Å². The maximum absolute atomic E-state index is 12.5. The van der Waals surface area contributed by atoms with Crippen LogP contribution in [0.4, 0.5) is 0 Å². The van der Waals surface area contributed by atoms with Crippen LogP contribution in [0.3, 0.4) is 0 Å². The van der Waals surface area contributed by atoms with Gasteiger partial charge in [0, 0.05) is 43.3 Å². The molecule has 1 aliphatic rings. The number of carbonyl (C=O) groups is 2. The lowest BCUT2D eigenvalue weighted by Crippen LogP contribution is -2.51. The molecular formula is C21H24ClN3O2. The molecule has 0 unspecified atom stereocenters. The predicted octanol–water partition coefficient (Wildman–Crippen LogP) is 2.72. The third kappa shape index (κ3) is 5.31. The zero-order valence-corrected chi connectivity index (χ0v) is 16.2. The monoisotopic (exact) mass is 385 g/mol. The largest absolute Gasteiger partial charge is 0.351 e. The zero-order valence-electron chi connectivity index (χ0n) is 15.5. The number of hydrogen-bond donors (Lipinski definition) is 1. The maximum atomic E-state index is 12.5. The van der Waals surface area contributed by atoms with Crippen molar-refractivity contribution in [3.63, 3.8) is 0 Å². The Hall–Kier alpha value is -2.37. The minimum Gasteiger partial charge on any atom is -0.351 e. The second kappa shape index (κ2) is 9.02. The molecule has 27 heavy (non-hydrogen) atoms. The van der Waals surface area contributed by atoms with Gasteiger partial charge in [0.05, 0.1) is 6.54 Å². The van der Waals surface area contributed by atoms with Crippen molar-refractivity contribution >= 4 is 23.4 Å². The molecule has 0 spiro atoms. The van der Waals surface area contributed by atoms with E-state index in [1.54, 1.807) is 24.3 Å². The number of hydrogen-bond acceptors (Lipinski definition) is 3. The van der Waals surface area contributed by atoms with Gasteiger partial charge in [-0.1, -0.05) is 41.9 Å². The first kappa shape index (κ1) is 19.4. The smallest absolute Gasteiger partial charge is 0.253 e. The molecule has 1 N–H and O–H groups in total. The number of amides is 2. The zero-order chi connectivity index (χ0) is 19.2. The molecule has 5 nitrogen and oxygen atoms in total. The van der Waals surface area contributed by atoms with Crippen LogP contribution in [0.5, 0.6) is 0 Å². The lowest BCUT2D eigenvalue weighted by Gasteiger charge is -2.34. The topological polar surface area (TPSA) is 52.7 Å². The van der Waals surface area contributed by atoms with Crippen LogP contribution >= 0.6 is 11.6 Å². The highest BCUT2D eigenvalue weighted by molar-refractivity contribution is 6.30. The second-order valence-electron chi connectivity index (χ2n) is 6.78. The third-order valence-corrected chi connectivity index (χ3v) is 5.07. The van der Waals surface area contributed by atoms with Crippen LogP contribution in [-0.2, 0) is 11.3 Å². The van der Waals surface area contributed by atoms with Crippen molar-refractivity contribution in [3.05, 3.63) is 70.2 Å². The molecular weight excluding hydrogens is 362 g/mol. The standard InChI is InChI=1S/C21H24ClN3O2/c1-16-5-2-3-6-18(16)14-23-20(26)15-24-9-11-25(12-10-24)21(27)17-7-4-8-19(22)13-17/h2-8,13H,9-12,14-15H2,1H3,(H,23,26). The summed E-state index contributed by atoms with van der Waals surface area (Å²) in [5.74, 6) is -0.00553. The molecule has 1 heterocycles. The maximum Gasteiger partial charge on any atom is 0.253 e. The highest BCUT2D eigenvalue weighted by atomic mass is 35.5. The summed E-state index contributed by atoms with van der Waals surface area (Å²) in [7, 11) is 0. The van der Waals surface area contributed by atoms with Crippen LogP contribution in [0.2, 0.25) is 5.02 Å². The minimum absolute atomic E-state index is 0.00729. The molecule has 1 saturated heterocycles. The van der Waals surface area contributed by atoms with Crippen LogP contribution in [-0.4, -0.2) is 54.3 Å². The molecule has 0 bridgehead atoms. The number of halogens is 1. The van der Waals surface area contributed by atoms with Crippen molar-refractivity contribution in [2.75, 3.05) is 32.7 Å². The Bertz CT molecular complexity index is 817. The predicted molar refractivity (Wildman–Crippen MR) is 107 cm³/mol. The Morgan fingerprint density at radius 2 is 1.78 bits per heavy atom. The number of benzene rings is 2. The Morgan fingerprint density at radius 1 is 1.04 bits per heavy atom. The molecule has 1 fully saturated rings. The van der Waals surface area contributed by atoms with Gasteiger partial charge >= 0.3 is 0 Å². The van der Waals surface area contributed by atoms with Crippen molar-refractivity contribution in [1.82, 2.24) is 15.1 Å². The van der Waals surface area contributed by atoms with E-state index in [0.717, 1.165) is 5.56 Å². The fourth-order valence-corrected chi connectivity index (χ4v) is 3.36. The summed E-state index contributed by atoms with van der Waals surface area (Å²) in [5.41, 5.74) is 2.90.